The molecular weight excluding hydrogens is 306 g/mol. The molecule has 116 valence electrons. The molecular formula is C15H15NO5S. The highest BCUT2D eigenvalue weighted by Crippen LogP contribution is 2.33. The van der Waals surface area contributed by atoms with E-state index in [2.05, 4.69) is 0 Å². The third-order valence-electron chi connectivity index (χ3n) is 3.20. The number of carbonyl (C=O) groups is 1. The van der Waals surface area contributed by atoms with Crippen molar-refractivity contribution in [2.45, 2.75) is 11.8 Å². The second-order valence-electron chi connectivity index (χ2n) is 4.76. The van der Waals surface area contributed by atoms with Gasteiger partial charge in [-0.15, -0.1) is 0 Å². The number of hydrogen-bond donors (Lipinski definition) is 2. The lowest BCUT2D eigenvalue weighted by Crippen LogP contribution is -2.15. The maximum absolute atomic E-state index is 11.8. The number of benzene rings is 2. The van der Waals surface area contributed by atoms with Crippen LogP contribution >= 0.6 is 0 Å². The molecule has 0 heterocycles. The largest absolute Gasteiger partial charge is 0.496 e. The summed E-state index contributed by atoms with van der Waals surface area (Å²) in [5.74, 6) is -1.23. The van der Waals surface area contributed by atoms with E-state index in [-0.39, 0.29) is 16.2 Å². The molecule has 0 amide bonds. The van der Waals surface area contributed by atoms with Gasteiger partial charge in [0.25, 0.3) is 0 Å². The maximum atomic E-state index is 11.8. The number of hydrogen-bond acceptors (Lipinski definition) is 4. The molecule has 0 aromatic heterocycles. The van der Waals surface area contributed by atoms with E-state index in [9.17, 15) is 13.2 Å². The summed E-state index contributed by atoms with van der Waals surface area (Å²) in [6.07, 6.45) is 0. The molecule has 0 atom stereocenters. The lowest BCUT2D eigenvalue weighted by Gasteiger charge is -2.13. The quantitative estimate of drug-likeness (QED) is 0.896. The Hall–Kier alpha value is -2.38. The van der Waals surface area contributed by atoms with Gasteiger partial charge in [-0.1, -0.05) is 29.8 Å². The van der Waals surface area contributed by atoms with Crippen molar-refractivity contribution < 1.29 is 23.1 Å². The van der Waals surface area contributed by atoms with Crippen LogP contribution in [0.4, 0.5) is 0 Å². The maximum Gasteiger partial charge on any atom is 0.339 e. The van der Waals surface area contributed by atoms with Crippen molar-refractivity contribution in [3.8, 4) is 16.9 Å². The fraction of sp³-hybridized carbons (Fsp3) is 0.133. The smallest absolute Gasteiger partial charge is 0.339 e. The fourth-order valence-corrected chi connectivity index (χ4v) is 2.86. The molecule has 0 saturated carbocycles. The number of rotatable bonds is 4. The van der Waals surface area contributed by atoms with Crippen molar-refractivity contribution in [1.82, 2.24) is 0 Å². The standard InChI is InChI=1S/C15H15NO5S/c1-9-3-5-10(6-4-9)11-7-13(21-2)12(15(17)18)8-14(11)22(16,19)20/h3-8H,1-2H3,(H,17,18)(H2,16,19,20). The minimum absolute atomic E-state index is 0.0653. The van der Waals surface area contributed by atoms with E-state index in [1.807, 2.05) is 19.1 Å². The lowest BCUT2D eigenvalue weighted by molar-refractivity contribution is 0.0693. The Morgan fingerprint density at radius 3 is 2.23 bits per heavy atom. The van der Waals surface area contributed by atoms with Crippen LogP contribution in [0, 0.1) is 6.92 Å². The Kier molecular flexibility index (Phi) is 4.20. The first-order valence-electron chi connectivity index (χ1n) is 6.29. The van der Waals surface area contributed by atoms with Crippen LogP contribution < -0.4 is 9.88 Å². The van der Waals surface area contributed by atoms with Gasteiger partial charge in [0.05, 0.1) is 12.0 Å². The number of primary sulfonamides is 1. The molecule has 0 aliphatic carbocycles. The summed E-state index contributed by atoms with van der Waals surface area (Å²) in [6, 6.07) is 9.50. The van der Waals surface area contributed by atoms with E-state index in [1.54, 1.807) is 12.1 Å². The zero-order chi connectivity index (χ0) is 16.5. The van der Waals surface area contributed by atoms with E-state index < -0.39 is 16.0 Å². The Morgan fingerprint density at radius 1 is 1.18 bits per heavy atom. The van der Waals surface area contributed by atoms with E-state index in [0.717, 1.165) is 11.6 Å². The van der Waals surface area contributed by atoms with Crippen LogP contribution in [0.15, 0.2) is 41.3 Å². The van der Waals surface area contributed by atoms with Crippen LogP contribution in [0.1, 0.15) is 15.9 Å². The van der Waals surface area contributed by atoms with Gasteiger partial charge >= 0.3 is 5.97 Å². The summed E-state index contributed by atoms with van der Waals surface area (Å²) in [5, 5.41) is 14.4. The zero-order valence-electron chi connectivity index (χ0n) is 12.0. The number of sulfonamides is 1. The van der Waals surface area contributed by atoms with Gasteiger partial charge in [0.15, 0.2) is 0 Å². The zero-order valence-corrected chi connectivity index (χ0v) is 12.8. The molecule has 0 unspecified atom stereocenters. The van der Waals surface area contributed by atoms with Gasteiger partial charge in [-0.25, -0.2) is 18.4 Å². The number of aromatic carboxylic acids is 1. The second kappa shape index (κ2) is 5.78. The molecule has 0 saturated heterocycles. The average Bonchev–Trinajstić information content (AvgIpc) is 2.45. The van der Waals surface area contributed by atoms with Gasteiger partial charge in [-0.3, -0.25) is 0 Å². The first kappa shape index (κ1) is 16.0. The van der Waals surface area contributed by atoms with Crippen molar-refractivity contribution >= 4 is 16.0 Å². The minimum Gasteiger partial charge on any atom is -0.496 e. The number of aryl methyl sites for hydroxylation is 1. The monoisotopic (exact) mass is 321 g/mol. The van der Waals surface area contributed by atoms with Crippen LogP contribution in [-0.2, 0) is 10.0 Å². The van der Waals surface area contributed by atoms with Crippen molar-refractivity contribution in [3.05, 3.63) is 47.5 Å². The molecule has 3 N–H and O–H groups in total. The molecule has 0 fully saturated rings. The minimum atomic E-state index is -4.09. The molecule has 2 aromatic carbocycles. The van der Waals surface area contributed by atoms with Crippen LogP contribution in [0.25, 0.3) is 11.1 Å². The van der Waals surface area contributed by atoms with E-state index in [0.29, 0.717) is 11.1 Å². The Morgan fingerprint density at radius 2 is 1.77 bits per heavy atom. The van der Waals surface area contributed by atoms with E-state index in [4.69, 9.17) is 15.0 Å². The summed E-state index contributed by atoms with van der Waals surface area (Å²) >= 11 is 0. The highest BCUT2D eigenvalue weighted by Gasteiger charge is 2.22. The van der Waals surface area contributed by atoms with Crippen molar-refractivity contribution in [1.29, 1.82) is 0 Å². The van der Waals surface area contributed by atoms with Crippen LogP contribution in [0.3, 0.4) is 0 Å². The predicted molar refractivity (Wildman–Crippen MR) is 81.5 cm³/mol. The van der Waals surface area contributed by atoms with Crippen LogP contribution in [0.2, 0.25) is 0 Å². The SMILES string of the molecule is COc1cc(-c2ccc(C)cc2)c(S(N)(=O)=O)cc1C(=O)O. The summed E-state index contributed by atoms with van der Waals surface area (Å²) in [4.78, 5) is 11.0. The summed E-state index contributed by atoms with van der Waals surface area (Å²) < 4.78 is 28.7. The third kappa shape index (κ3) is 3.10. The molecule has 0 aliphatic heterocycles. The molecule has 0 aliphatic rings. The third-order valence-corrected chi connectivity index (χ3v) is 4.15. The number of ether oxygens (including phenoxy) is 1. The molecule has 2 rings (SSSR count). The first-order valence-corrected chi connectivity index (χ1v) is 7.84. The Bertz CT molecular complexity index is 826. The molecule has 22 heavy (non-hydrogen) atoms. The molecule has 2 aromatic rings. The topological polar surface area (TPSA) is 107 Å². The van der Waals surface area contributed by atoms with Crippen LogP contribution in [-0.4, -0.2) is 26.6 Å². The molecule has 0 bridgehead atoms. The number of methoxy groups -OCH3 is 1. The van der Waals surface area contributed by atoms with Gasteiger partial charge in [-0.2, -0.15) is 0 Å². The Labute approximate surface area is 128 Å². The predicted octanol–water partition coefficient (Wildman–Crippen LogP) is 2.02. The van der Waals surface area contributed by atoms with Crippen LogP contribution in [0.5, 0.6) is 5.75 Å². The van der Waals surface area contributed by atoms with Gasteiger partial charge in [0, 0.05) is 5.56 Å². The van der Waals surface area contributed by atoms with E-state index >= 15 is 0 Å². The Balaban J connectivity index is 2.81. The average molecular weight is 321 g/mol. The summed E-state index contributed by atoms with van der Waals surface area (Å²) in [7, 11) is -2.77. The van der Waals surface area contributed by atoms with Gasteiger partial charge in [-0.05, 0) is 24.6 Å². The number of nitrogens with two attached hydrogens (primary N) is 1. The highest BCUT2D eigenvalue weighted by molar-refractivity contribution is 7.89. The normalized spacial score (nSPS) is 11.2. The molecule has 0 radical (unpaired) electrons. The van der Waals surface area contributed by atoms with Crippen molar-refractivity contribution in [3.63, 3.8) is 0 Å². The molecule has 6 nitrogen and oxygen atoms in total. The van der Waals surface area contributed by atoms with Gasteiger partial charge in [0.2, 0.25) is 10.0 Å². The summed E-state index contributed by atoms with van der Waals surface area (Å²) in [6.45, 7) is 1.90. The van der Waals surface area contributed by atoms with Crippen molar-refractivity contribution in [2.24, 2.45) is 5.14 Å². The van der Waals surface area contributed by atoms with Gasteiger partial charge < -0.3 is 9.84 Å². The molecule has 0 spiro atoms. The summed E-state index contributed by atoms with van der Waals surface area (Å²) in [5.41, 5.74) is 1.65. The molecule has 7 heteroatoms. The number of carboxylic acids is 1. The highest BCUT2D eigenvalue weighted by atomic mass is 32.2. The second-order valence-corrected chi connectivity index (χ2v) is 6.29. The lowest BCUT2D eigenvalue weighted by atomic mass is 10.0. The fourth-order valence-electron chi connectivity index (χ4n) is 2.09. The van der Waals surface area contributed by atoms with E-state index in [1.165, 1.54) is 13.2 Å². The van der Waals surface area contributed by atoms with Crippen molar-refractivity contribution in [2.75, 3.05) is 7.11 Å². The number of carboxylic acid groups (broad SMARTS) is 1. The first-order chi connectivity index (χ1) is 10.2. The van der Waals surface area contributed by atoms with Gasteiger partial charge in [0.1, 0.15) is 11.3 Å².